The minimum Gasteiger partial charge on any atom is -0.381 e. The molecule has 1 fully saturated rings. The van der Waals surface area contributed by atoms with E-state index in [-0.39, 0.29) is 5.82 Å². The predicted molar refractivity (Wildman–Crippen MR) is 119 cm³/mol. The van der Waals surface area contributed by atoms with Crippen LogP contribution in [0.4, 0.5) is 15.9 Å². The number of nitrogens with one attached hydrogen (secondary N) is 1. The van der Waals surface area contributed by atoms with E-state index in [0.717, 1.165) is 16.8 Å². The van der Waals surface area contributed by atoms with Crippen molar-refractivity contribution in [1.82, 2.24) is 10.2 Å². The molecule has 0 radical (unpaired) electrons. The van der Waals surface area contributed by atoms with E-state index in [9.17, 15) is 12.8 Å². The maximum atomic E-state index is 13.9. The Morgan fingerprint density at radius 2 is 1.97 bits per heavy atom. The van der Waals surface area contributed by atoms with Crippen molar-refractivity contribution < 1.29 is 17.5 Å². The molecule has 1 aromatic heterocycles. The van der Waals surface area contributed by atoms with Gasteiger partial charge in [0.25, 0.3) is 0 Å². The Balaban J connectivity index is 1.61. The summed E-state index contributed by atoms with van der Waals surface area (Å²) in [5, 5.41) is 8.05. The monoisotopic (exact) mass is 441 g/mol. The molecule has 162 valence electrons. The topological polar surface area (TPSA) is 75.3 Å². The quantitative estimate of drug-likeness (QED) is 0.647. The van der Waals surface area contributed by atoms with E-state index in [4.69, 9.17) is 4.74 Å². The van der Waals surface area contributed by atoms with Crippen molar-refractivity contribution in [2.24, 2.45) is 0 Å². The number of hydrogen-bond donors (Lipinski definition) is 1. The Morgan fingerprint density at radius 1 is 1.19 bits per heavy atom. The highest BCUT2D eigenvalue weighted by atomic mass is 32.2. The molecule has 2 aromatic carbocycles. The van der Waals surface area contributed by atoms with Gasteiger partial charge in [0.15, 0.2) is 15.7 Å². The van der Waals surface area contributed by atoms with Crippen LogP contribution >= 0.6 is 0 Å². The molecule has 31 heavy (non-hydrogen) atoms. The molecule has 2 aliphatic heterocycles. The number of rotatable bonds is 3. The third-order valence-electron chi connectivity index (χ3n) is 6.45. The van der Waals surface area contributed by atoms with Crippen LogP contribution in [0.5, 0.6) is 0 Å². The van der Waals surface area contributed by atoms with Gasteiger partial charge in [-0.05, 0) is 68.1 Å². The Bertz CT molecular complexity index is 1310. The van der Waals surface area contributed by atoms with Crippen molar-refractivity contribution in [2.45, 2.75) is 36.3 Å². The van der Waals surface area contributed by atoms with Crippen LogP contribution in [-0.2, 0) is 14.6 Å². The van der Waals surface area contributed by atoms with Crippen LogP contribution in [0, 0.1) is 12.7 Å². The number of halogens is 1. The van der Waals surface area contributed by atoms with E-state index in [0.29, 0.717) is 54.3 Å². The number of nitrogens with zero attached hydrogens (tertiary/aromatic N) is 2. The second kappa shape index (κ2) is 7.17. The average molecular weight is 442 g/mol. The summed E-state index contributed by atoms with van der Waals surface area (Å²) >= 11 is 0. The SMILES string of the molecule is Cc1cc2c(cc1S(=O)(=O)C1(C)CCOCC1)C=CCN2c1n[nH]c2ccc(F)cc12. The summed E-state index contributed by atoms with van der Waals surface area (Å²) in [5.74, 6) is 0.289. The molecule has 0 atom stereocenters. The fourth-order valence-electron chi connectivity index (χ4n) is 4.44. The lowest BCUT2D eigenvalue weighted by atomic mass is 10.0. The fourth-order valence-corrected chi connectivity index (χ4v) is 6.44. The lowest BCUT2D eigenvalue weighted by Crippen LogP contribution is -2.41. The number of benzene rings is 2. The van der Waals surface area contributed by atoms with Gasteiger partial charge in [-0.25, -0.2) is 12.8 Å². The first-order valence-electron chi connectivity index (χ1n) is 10.3. The van der Waals surface area contributed by atoms with Crippen LogP contribution in [0.15, 0.2) is 41.3 Å². The lowest BCUT2D eigenvalue weighted by Gasteiger charge is -2.34. The number of hydrogen-bond acceptors (Lipinski definition) is 5. The predicted octanol–water partition coefficient (Wildman–Crippen LogP) is 4.52. The van der Waals surface area contributed by atoms with Gasteiger partial charge in [0.05, 0.1) is 20.8 Å². The van der Waals surface area contributed by atoms with Crippen molar-refractivity contribution in [3.8, 4) is 0 Å². The first kappa shape index (κ1) is 20.2. The van der Waals surface area contributed by atoms with Gasteiger partial charge in [0.2, 0.25) is 0 Å². The van der Waals surface area contributed by atoms with E-state index in [1.807, 2.05) is 37.0 Å². The number of H-pyrrole nitrogens is 1. The van der Waals surface area contributed by atoms with Crippen molar-refractivity contribution in [2.75, 3.05) is 24.7 Å². The van der Waals surface area contributed by atoms with Gasteiger partial charge in [-0.1, -0.05) is 12.2 Å². The van der Waals surface area contributed by atoms with Gasteiger partial charge in [-0.2, -0.15) is 5.10 Å². The molecule has 0 saturated carbocycles. The molecule has 0 amide bonds. The minimum absolute atomic E-state index is 0.328. The van der Waals surface area contributed by atoms with Crippen molar-refractivity contribution >= 4 is 38.3 Å². The van der Waals surface area contributed by atoms with Gasteiger partial charge < -0.3 is 9.64 Å². The zero-order chi connectivity index (χ0) is 21.8. The Morgan fingerprint density at radius 3 is 2.74 bits per heavy atom. The number of aryl methyl sites for hydroxylation is 1. The van der Waals surface area contributed by atoms with Crippen LogP contribution in [0.25, 0.3) is 17.0 Å². The van der Waals surface area contributed by atoms with E-state index in [1.54, 1.807) is 12.1 Å². The molecule has 1 saturated heterocycles. The number of sulfone groups is 1. The van der Waals surface area contributed by atoms with Crippen LogP contribution in [-0.4, -0.2) is 43.1 Å². The van der Waals surface area contributed by atoms with Crippen LogP contribution < -0.4 is 4.90 Å². The van der Waals surface area contributed by atoms with E-state index < -0.39 is 14.6 Å². The first-order chi connectivity index (χ1) is 14.8. The Kier molecular flexibility index (Phi) is 4.67. The van der Waals surface area contributed by atoms with Crippen molar-refractivity contribution in [3.05, 3.63) is 53.4 Å². The van der Waals surface area contributed by atoms with E-state index in [1.165, 1.54) is 12.1 Å². The average Bonchev–Trinajstić information content (AvgIpc) is 3.16. The second-order valence-electron chi connectivity index (χ2n) is 8.49. The maximum absolute atomic E-state index is 13.9. The first-order valence-corrected chi connectivity index (χ1v) is 11.8. The molecular formula is C23H24FN3O3S. The maximum Gasteiger partial charge on any atom is 0.184 e. The highest BCUT2D eigenvalue weighted by molar-refractivity contribution is 7.92. The summed E-state index contributed by atoms with van der Waals surface area (Å²) in [6.45, 7) is 5.11. The summed E-state index contributed by atoms with van der Waals surface area (Å²) in [5.41, 5.74) is 3.10. The van der Waals surface area contributed by atoms with Gasteiger partial charge in [-0.3, -0.25) is 5.10 Å². The molecule has 6 nitrogen and oxygen atoms in total. The molecule has 3 heterocycles. The molecule has 3 aromatic rings. The summed E-state index contributed by atoms with van der Waals surface area (Å²) in [6.07, 6.45) is 4.87. The number of aromatic amines is 1. The third-order valence-corrected chi connectivity index (χ3v) is 9.17. The minimum atomic E-state index is -3.54. The second-order valence-corrected chi connectivity index (χ2v) is 10.9. The van der Waals surface area contributed by atoms with Crippen LogP contribution in [0.2, 0.25) is 0 Å². The Labute approximate surface area is 180 Å². The standard InChI is InChI=1S/C23H24FN3O3S/c1-15-12-20-16(13-21(15)31(28,29)23(2)7-10-30-11-8-23)4-3-9-27(20)22-18-14-17(24)5-6-19(18)25-26-22/h3-6,12-14H,7-11H2,1-2H3,(H,25,26). The lowest BCUT2D eigenvalue weighted by molar-refractivity contribution is 0.0789. The molecule has 5 rings (SSSR count). The molecule has 0 spiro atoms. The largest absolute Gasteiger partial charge is 0.381 e. The normalized spacial score (nSPS) is 18.4. The number of anilines is 2. The number of aromatic nitrogens is 2. The number of fused-ring (bicyclic) bond motifs is 2. The zero-order valence-corrected chi connectivity index (χ0v) is 18.3. The van der Waals surface area contributed by atoms with Crippen LogP contribution in [0.1, 0.15) is 30.9 Å². The molecule has 8 heteroatoms. The fraction of sp³-hybridized carbons (Fsp3) is 0.348. The van der Waals surface area contributed by atoms with Crippen molar-refractivity contribution in [3.63, 3.8) is 0 Å². The molecular weight excluding hydrogens is 417 g/mol. The smallest absolute Gasteiger partial charge is 0.184 e. The summed E-state index contributed by atoms with van der Waals surface area (Å²) in [7, 11) is -3.54. The molecule has 1 N–H and O–H groups in total. The zero-order valence-electron chi connectivity index (χ0n) is 17.5. The van der Waals surface area contributed by atoms with Gasteiger partial charge in [-0.15, -0.1) is 0 Å². The summed E-state index contributed by atoms with van der Waals surface area (Å²) in [6, 6.07) is 8.18. The van der Waals surface area contributed by atoms with E-state index in [2.05, 4.69) is 10.2 Å². The van der Waals surface area contributed by atoms with Crippen molar-refractivity contribution in [1.29, 1.82) is 0 Å². The highest BCUT2D eigenvalue weighted by Gasteiger charge is 2.42. The Hall–Kier alpha value is -2.71. The molecule has 0 unspecified atom stereocenters. The van der Waals surface area contributed by atoms with Gasteiger partial charge in [0, 0.05) is 25.1 Å². The highest BCUT2D eigenvalue weighted by Crippen LogP contribution is 2.41. The molecule has 0 bridgehead atoms. The van der Waals surface area contributed by atoms with Gasteiger partial charge in [0.1, 0.15) is 5.82 Å². The van der Waals surface area contributed by atoms with Crippen LogP contribution in [0.3, 0.4) is 0 Å². The summed E-state index contributed by atoms with van der Waals surface area (Å²) in [4.78, 5) is 2.34. The molecule has 0 aliphatic carbocycles. The summed E-state index contributed by atoms with van der Waals surface area (Å²) < 4.78 is 45.6. The van der Waals surface area contributed by atoms with Gasteiger partial charge >= 0.3 is 0 Å². The molecule has 2 aliphatic rings. The van der Waals surface area contributed by atoms with E-state index >= 15 is 0 Å². The number of ether oxygens (including phenoxy) is 1. The third kappa shape index (κ3) is 3.16.